The van der Waals surface area contributed by atoms with Crippen molar-refractivity contribution in [3.05, 3.63) is 60.8 Å². The standard InChI is InChI=1S/C55H99NO5/c1-4-7-10-13-16-19-22-24-26-27-29-31-33-35-38-41-44-47-53(58)52(50-57)56-54(59)49-51(61-55(60)48-45-42-39-36-21-18-15-12-9-6-3)46-43-40-37-34-32-30-28-25-23-20-17-14-11-8-5-2/h8,11,17,20,25,28,32,34,40,43,51-53,57-58H,4-7,9-10,12-16,18-19,21-24,26-27,29-31,33,35-39,41-42,44-50H2,1-3H3,(H,56,59)/b11-8-,20-17-,28-25-,34-32-,43-40-. The molecule has 0 aromatic carbocycles. The summed E-state index contributed by atoms with van der Waals surface area (Å²) >= 11 is 0. The Labute approximate surface area is 378 Å². The number of aliphatic hydroxyl groups is 2. The Balaban J connectivity index is 4.62. The Morgan fingerprint density at radius 2 is 0.852 bits per heavy atom. The minimum Gasteiger partial charge on any atom is -0.461 e. The lowest BCUT2D eigenvalue weighted by atomic mass is 10.0. The van der Waals surface area contributed by atoms with Gasteiger partial charge in [0, 0.05) is 12.8 Å². The number of carbonyl (C=O) groups is 2. The van der Waals surface area contributed by atoms with Crippen molar-refractivity contribution in [3.63, 3.8) is 0 Å². The molecule has 0 aromatic heterocycles. The molecule has 0 aliphatic rings. The van der Waals surface area contributed by atoms with Gasteiger partial charge in [-0.05, 0) is 44.9 Å². The van der Waals surface area contributed by atoms with Crippen molar-refractivity contribution < 1.29 is 24.5 Å². The zero-order valence-electron chi connectivity index (χ0n) is 40.3. The molecule has 0 radical (unpaired) electrons. The van der Waals surface area contributed by atoms with E-state index in [1.807, 2.05) is 12.2 Å². The zero-order chi connectivity index (χ0) is 44.5. The number of hydrogen-bond acceptors (Lipinski definition) is 5. The number of esters is 1. The Bertz CT molecular complexity index is 1090. The van der Waals surface area contributed by atoms with Crippen LogP contribution in [0, 0.1) is 0 Å². The summed E-state index contributed by atoms with van der Waals surface area (Å²) in [5, 5.41) is 23.7. The van der Waals surface area contributed by atoms with E-state index in [9.17, 15) is 19.8 Å². The number of allylic oxidation sites excluding steroid dienone is 9. The Morgan fingerprint density at radius 1 is 0.492 bits per heavy atom. The first-order valence-electron chi connectivity index (χ1n) is 26.0. The number of rotatable bonds is 46. The van der Waals surface area contributed by atoms with Gasteiger partial charge in [-0.15, -0.1) is 0 Å². The van der Waals surface area contributed by atoms with Gasteiger partial charge in [-0.2, -0.15) is 0 Å². The van der Waals surface area contributed by atoms with Crippen LogP contribution in [0.1, 0.15) is 252 Å². The quantitative estimate of drug-likeness (QED) is 0.0322. The molecule has 354 valence electrons. The molecule has 0 aliphatic heterocycles. The molecule has 0 heterocycles. The molecule has 0 spiro atoms. The van der Waals surface area contributed by atoms with Crippen LogP contribution in [-0.2, 0) is 14.3 Å². The van der Waals surface area contributed by atoms with Gasteiger partial charge in [0.2, 0.25) is 5.91 Å². The van der Waals surface area contributed by atoms with Crippen molar-refractivity contribution >= 4 is 11.9 Å². The van der Waals surface area contributed by atoms with Crippen LogP contribution >= 0.6 is 0 Å². The Morgan fingerprint density at radius 3 is 1.25 bits per heavy atom. The summed E-state index contributed by atoms with van der Waals surface area (Å²) in [6.07, 6.45) is 60.2. The highest BCUT2D eigenvalue weighted by Gasteiger charge is 2.23. The number of unbranched alkanes of at least 4 members (excludes halogenated alkanes) is 25. The van der Waals surface area contributed by atoms with Crippen molar-refractivity contribution in [2.24, 2.45) is 0 Å². The lowest BCUT2D eigenvalue weighted by molar-refractivity contribution is -0.150. The fraction of sp³-hybridized carbons (Fsp3) is 0.782. The van der Waals surface area contributed by atoms with Crippen LogP contribution in [0.4, 0.5) is 0 Å². The normalized spacial score (nSPS) is 13.7. The monoisotopic (exact) mass is 854 g/mol. The summed E-state index contributed by atoms with van der Waals surface area (Å²) in [6.45, 7) is 6.34. The van der Waals surface area contributed by atoms with Crippen LogP contribution in [0.25, 0.3) is 0 Å². The molecule has 0 aliphatic carbocycles. The van der Waals surface area contributed by atoms with Crippen LogP contribution in [0.5, 0.6) is 0 Å². The minimum absolute atomic E-state index is 0.000424. The van der Waals surface area contributed by atoms with Crippen molar-refractivity contribution in [3.8, 4) is 0 Å². The van der Waals surface area contributed by atoms with Gasteiger partial charge < -0.3 is 20.3 Å². The summed E-state index contributed by atoms with van der Waals surface area (Å²) in [6, 6.07) is -0.731. The number of ether oxygens (including phenoxy) is 1. The van der Waals surface area contributed by atoms with E-state index in [1.165, 1.54) is 135 Å². The van der Waals surface area contributed by atoms with E-state index in [4.69, 9.17) is 4.74 Å². The lowest BCUT2D eigenvalue weighted by Gasteiger charge is -2.24. The third-order valence-electron chi connectivity index (χ3n) is 11.6. The van der Waals surface area contributed by atoms with Gasteiger partial charge in [0.15, 0.2) is 0 Å². The molecule has 0 fully saturated rings. The van der Waals surface area contributed by atoms with Gasteiger partial charge in [0.05, 0.1) is 25.2 Å². The van der Waals surface area contributed by atoms with Gasteiger partial charge in [-0.3, -0.25) is 9.59 Å². The number of nitrogens with one attached hydrogen (secondary N) is 1. The number of amides is 1. The fourth-order valence-electron chi connectivity index (χ4n) is 7.69. The molecule has 0 saturated heterocycles. The summed E-state index contributed by atoms with van der Waals surface area (Å²) < 4.78 is 5.85. The molecule has 3 atom stereocenters. The van der Waals surface area contributed by atoms with Crippen molar-refractivity contribution in [2.45, 2.75) is 270 Å². The van der Waals surface area contributed by atoms with Crippen molar-refractivity contribution in [2.75, 3.05) is 6.61 Å². The highest BCUT2D eigenvalue weighted by Crippen LogP contribution is 2.17. The second-order valence-corrected chi connectivity index (χ2v) is 17.6. The third-order valence-corrected chi connectivity index (χ3v) is 11.6. The van der Waals surface area contributed by atoms with E-state index in [1.54, 1.807) is 0 Å². The second-order valence-electron chi connectivity index (χ2n) is 17.6. The van der Waals surface area contributed by atoms with E-state index >= 15 is 0 Å². The van der Waals surface area contributed by atoms with Crippen molar-refractivity contribution in [1.29, 1.82) is 0 Å². The van der Waals surface area contributed by atoms with E-state index in [-0.39, 0.29) is 24.9 Å². The van der Waals surface area contributed by atoms with Crippen LogP contribution in [-0.4, -0.2) is 46.9 Å². The predicted octanol–water partition coefficient (Wildman–Crippen LogP) is 15.6. The first kappa shape index (κ1) is 58.6. The highest BCUT2D eigenvalue weighted by molar-refractivity contribution is 5.77. The summed E-state index contributed by atoms with van der Waals surface area (Å²) in [5.74, 6) is -0.577. The first-order valence-corrected chi connectivity index (χ1v) is 26.0. The smallest absolute Gasteiger partial charge is 0.306 e. The van der Waals surface area contributed by atoms with Gasteiger partial charge in [-0.25, -0.2) is 0 Å². The number of aliphatic hydroxyl groups excluding tert-OH is 2. The molecule has 6 nitrogen and oxygen atoms in total. The van der Waals surface area contributed by atoms with E-state index < -0.39 is 18.2 Å². The Kier molecular flexibility index (Phi) is 46.6. The molecular formula is C55H99NO5. The topological polar surface area (TPSA) is 95.9 Å². The summed E-state index contributed by atoms with van der Waals surface area (Å²) in [4.78, 5) is 26.0. The summed E-state index contributed by atoms with van der Waals surface area (Å²) in [7, 11) is 0. The van der Waals surface area contributed by atoms with Crippen LogP contribution < -0.4 is 5.32 Å². The zero-order valence-corrected chi connectivity index (χ0v) is 40.3. The molecular weight excluding hydrogens is 755 g/mol. The maximum atomic E-state index is 13.2. The molecule has 0 bridgehead atoms. The van der Waals surface area contributed by atoms with E-state index in [2.05, 4.69) is 74.7 Å². The molecule has 0 saturated carbocycles. The molecule has 1 amide bonds. The van der Waals surface area contributed by atoms with Gasteiger partial charge in [-0.1, -0.05) is 248 Å². The molecule has 6 heteroatoms. The maximum absolute atomic E-state index is 13.2. The lowest BCUT2D eigenvalue weighted by Crippen LogP contribution is -2.46. The third kappa shape index (κ3) is 44.0. The Hall–Kier alpha value is -2.44. The van der Waals surface area contributed by atoms with Gasteiger partial charge in [0.25, 0.3) is 0 Å². The van der Waals surface area contributed by atoms with Crippen molar-refractivity contribution in [1.82, 2.24) is 5.32 Å². The summed E-state index contributed by atoms with van der Waals surface area (Å²) in [5.41, 5.74) is 0. The van der Waals surface area contributed by atoms with Gasteiger partial charge >= 0.3 is 5.97 Å². The molecule has 0 aromatic rings. The first-order chi connectivity index (χ1) is 30.0. The number of carbonyl (C=O) groups excluding carboxylic acids is 2. The van der Waals surface area contributed by atoms with Crippen LogP contribution in [0.2, 0.25) is 0 Å². The largest absolute Gasteiger partial charge is 0.461 e. The maximum Gasteiger partial charge on any atom is 0.306 e. The van der Waals surface area contributed by atoms with E-state index in [0.29, 0.717) is 19.3 Å². The predicted molar refractivity (Wildman–Crippen MR) is 264 cm³/mol. The molecule has 61 heavy (non-hydrogen) atoms. The SMILES string of the molecule is CC/C=C\C/C=C\C/C=C\C/C=C\C/C=C\CC(CC(=O)NC(CO)C(O)CCCCCCCCCCCCCCCCCCC)OC(=O)CCCCCCCCCCCC. The number of hydrogen-bond donors (Lipinski definition) is 3. The highest BCUT2D eigenvalue weighted by atomic mass is 16.5. The minimum atomic E-state index is -0.811. The average molecular weight is 854 g/mol. The van der Waals surface area contributed by atoms with Crippen LogP contribution in [0.3, 0.4) is 0 Å². The second kappa shape index (κ2) is 48.6. The van der Waals surface area contributed by atoms with E-state index in [0.717, 1.165) is 70.6 Å². The molecule has 0 rings (SSSR count). The van der Waals surface area contributed by atoms with Gasteiger partial charge in [0.1, 0.15) is 6.10 Å². The molecule has 3 N–H and O–H groups in total. The van der Waals surface area contributed by atoms with Crippen LogP contribution in [0.15, 0.2) is 60.8 Å². The fourth-order valence-corrected chi connectivity index (χ4v) is 7.69. The molecule has 3 unspecified atom stereocenters. The average Bonchev–Trinajstić information content (AvgIpc) is 3.25.